The molecule has 5 rings (SSSR count). The number of hydrogen-bond acceptors (Lipinski definition) is 5. The topological polar surface area (TPSA) is 62.7 Å². The second-order valence-corrected chi connectivity index (χ2v) is 11.1. The maximum atomic E-state index is 10.8. The van der Waals surface area contributed by atoms with E-state index < -0.39 is 5.97 Å². The highest BCUT2D eigenvalue weighted by molar-refractivity contribution is 7.14. The minimum absolute atomic E-state index is 0.127. The molecule has 0 atom stereocenters. The summed E-state index contributed by atoms with van der Waals surface area (Å²) in [5, 5.41) is 12.7. The highest BCUT2D eigenvalue weighted by Crippen LogP contribution is 2.29. The number of aromatic nitrogens is 1. The number of anilines is 1. The quantitative estimate of drug-likeness (QED) is 0.151. The Hall–Kier alpha value is -4.13. The fourth-order valence-corrected chi connectivity index (χ4v) is 5.43. The van der Waals surface area contributed by atoms with Gasteiger partial charge in [0.1, 0.15) is 12.4 Å². The van der Waals surface area contributed by atoms with Gasteiger partial charge >= 0.3 is 5.97 Å². The highest BCUT2D eigenvalue weighted by Gasteiger charge is 2.14. The molecule has 208 valence electrons. The Morgan fingerprint density at radius 2 is 1.44 bits per heavy atom. The first-order valence-electron chi connectivity index (χ1n) is 13.5. The summed E-state index contributed by atoms with van der Waals surface area (Å²) in [6.45, 7) is 2.03. The minimum atomic E-state index is -0.790. The van der Waals surface area contributed by atoms with Crippen molar-refractivity contribution in [3.63, 3.8) is 0 Å². The molecular formula is C34H31ClN2O3S. The Morgan fingerprint density at radius 3 is 2.15 bits per heavy atom. The Bertz CT molecular complexity index is 1540. The molecule has 7 heteroatoms. The molecule has 0 aliphatic heterocycles. The van der Waals surface area contributed by atoms with Crippen LogP contribution >= 0.6 is 22.9 Å². The van der Waals surface area contributed by atoms with Gasteiger partial charge in [-0.3, -0.25) is 4.79 Å². The van der Waals surface area contributed by atoms with E-state index in [1.54, 1.807) is 11.3 Å². The third-order valence-corrected chi connectivity index (χ3v) is 7.92. The second kappa shape index (κ2) is 14.0. The lowest BCUT2D eigenvalue weighted by Gasteiger charge is -2.22. The second-order valence-electron chi connectivity index (χ2n) is 9.82. The first-order chi connectivity index (χ1) is 20.0. The lowest BCUT2D eigenvalue weighted by atomic mass is 10.1. The average Bonchev–Trinajstić information content (AvgIpc) is 3.50. The largest absolute Gasteiger partial charge is 0.489 e. The first-order valence-corrected chi connectivity index (χ1v) is 14.8. The van der Waals surface area contributed by atoms with Gasteiger partial charge in [0.25, 0.3) is 0 Å². The van der Waals surface area contributed by atoms with Crippen LogP contribution in [0, 0.1) is 0 Å². The number of halogens is 1. The van der Waals surface area contributed by atoms with Crippen molar-refractivity contribution < 1.29 is 14.6 Å². The minimum Gasteiger partial charge on any atom is -0.489 e. The Morgan fingerprint density at radius 1 is 0.805 bits per heavy atom. The Balaban J connectivity index is 1.23. The summed E-state index contributed by atoms with van der Waals surface area (Å²) in [7, 11) is 0. The Labute approximate surface area is 249 Å². The number of nitrogens with zero attached hydrogens (tertiary/aromatic N) is 2. The van der Waals surface area contributed by atoms with E-state index in [0.29, 0.717) is 13.0 Å². The van der Waals surface area contributed by atoms with Gasteiger partial charge in [0.15, 0.2) is 5.13 Å². The van der Waals surface area contributed by atoms with Crippen LogP contribution in [0.5, 0.6) is 5.75 Å². The summed E-state index contributed by atoms with van der Waals surface area (Å²) in [6.07, 6.45) is 1.53. The molecule has 0 amide bonds. The van der Waals surface area contributed by atoms with E-state index in [0.717, 1.165) is 57.8 Å². The Kier molecular flexibility index (Phi) is 9.68. The molecule has 0 saturated heterocycles. The average molecular weight is 583 g/mol. The number of benzene rings is 4. The fraction of sp³-hybridized carbons (Fsp3) is 0.176. The summed E-state index contributed by atoms with van der Waals surface area (Å²) < 4.78 is 5.96. The van der Waals surface area contributed by atoms with Crippen LogP contribution in [-0.4, -0.2) is 22.6 Å². The third-order valence-electron chi connectivity index (χ3n) is 6.77. The number of thiazole rings is 1. The van der Waals surface area contributed by atoms with E-state index in [4.69, 9.17) is 26.4 Å². The molecule has 5 nitrogen and oxygen atoms in total. The molecule has 0 unspecified atom stereocenters. The van der Waals surface area contributed by atoms with Crippen molar-refractivity contribution in [2.75, 3.05) is 11.4 Å². The third kappa shape index (κ3) is 8.43. The maximum absolute atomic E-state index is 10.8. The van der Waals surface area contributed by atoms with E-state index in [1.807, 2.05) is 54.6 Å². The molecule has 0 aliphatic rings. The highest BCUT2D eigenvalue weighted by atomic mass is 35.5. The summed E-state index contributed by atoms with van der Waals surface area (Å²) in [4.78, 5) is 18.1. The normalized spacial score (nSPS) is 10.9. The van der Waals surface area contributed by atoms with Gasteiger partial charge in [-0.05, 0) is 59.4 Å². The molecule has 0 spiro atoms. The lowest BCUT2D eigenvalue weighted by Crippen LogP contribution is -2.25. The number of carboxylic acid groups (broad SMARTS) is 1. The number of aliphatic carboxylic acids is 1. The van der Waals surface area contributed by atoms with Crippen LogP contribution in [0.25, 0.3) is 11.3 Å². The van der Waals surface area contributed by atoms with Gasteiger partial charge in [0.2, 0.25) is 0 Å². The van der Waals surface area contributed by atoms with Crippen LogP contribution in [0.2, 0.25) is 5.02 Å². The molecule has 4 aromatic carbocycles. The van der Waals surface area contributed by atoms with Crippen molar-refractivity contribution in [2.45, 2.75) is 32.4 Å². The zero-order valence-corrected chi connectivity index (χ0v) is 24.2. The van der Waals surface area contributed by atoms with Crippen LogP contribution in [0.4, 0.5) is 5.13 Å². The van der Waals surface area contributed by atoms with Crippen LogP contribution in [0.3, 0.4) is 0 Å². The van der Waals surface area contributed by atoms with Crippen molar-refractivity contribution in [2.24, 2.45) is 0 Å². The molecule has 1 N–H and O–H groups in total. The first kappa shape index (κ1) is 28.4. The van der Waals surface area contributed by atoms with Gasteiger partial charge in [-0.15, -0.1) is 11.3 Å². The molecule has 5 aromatic rings. The van der Waals surface area contributed by atoms with Crippen molar-refractivity contribution in [3.8, 4) is 17.0 Å². The number of ether oxygens (including phenoxy) is 1. The van der Waals surface area contributed by atoms with E-state index >= 15 is 0 Å². The SMILES string of the molecule is O=C(O)CCc1ccc(OCc2ccc(CN(CCc3ccc(Cl)cc3)c3nc(-c4ccccc4)cs3)cc2)cc1. The summed E-state index contributed by atoms with van der Waals surface area (Å²) in [5.41, 5.74) is 6.61. The number of aryl methyl sites for hydroxylation is 1. The molecule has 1 aromatic heterocycles. The number of hydrogen-bond donors (Lipinski definition) is 1. The smallest absolute Gasteiger partial charge is 0.303 e. The van der Waals surface area contributed by atoms with Gasteiger partial charge in [-0.1, -0.05) is 90.5 Å². The number of rotatable bonds is 13. The number of carboxylic acids is 1. The standard InChI is InChI=1S/C34H31ClN2O3S/c35-30-15-10-26(11-16-30)20-21-37(34-36-32(24-41-34)29-4-2-1-3-5-29)22-27-6-8-28(9-7-27)23-40-31-17-12-25(13-18-31)14-19-33(38)39/h1-13,15-18,24H,14,19-23H2,(H,38,39). The van der Waals surface area contributed by atoms with Gasteiger partial charge < -0.3 is 14.7 Å². The van der Waals surface area contributed by atoms with Crippen LogP contribution in [-0.2, 0) is 30.8 Å². The van der Waals surface area contributed by atoms with Gasteiger partial charge in [0.05, 0.1) is 5.69 Å². The zero-order valence-electron chi connectivity index (χ0n) is 22.6. The van der Waals surface area contributed by atoms with E-state index in [1.165, 1.54) is 11.1 Å². The van der Waals surface area contributed by atoms with Crippen LogP contribution < -0.4 is 9.64 Å². The molecule has 0 bridgehead atoms. The van der Waals surface area contributed by atoms with E-state index in [9.17, 15) is 4.79 Å². The monoisotopic (exact) mass is 582 g/mol. The fourth-order valence-electron chi connectivity index (χ4n) is 4.44. The van der Waals surface area contributed by atoms with E-state index in [2.05, 4.69) is 58.8 Å². The summed E-state index contributed by atoms with van der Waals surface area (Å²) in [6, 6.07) is 34.4. The molecular weight excluding hydrogens is 552 g/mol. The van der Waals surface area contributed by atoms with Crippen molar-refractivity contribution in [3.05, 3.63) is 136 Å². The molecule has 0 radical (unpaired) electrons. The molecule has 0 saturated carbocycles. The van der Waals surface area contributed by atoms with Crippen molar-refractivity contribution in [1.29, 1.82) is 0 Å². The summed E-state index contributed by atoms with van der Waals surface area (Å²) in [5.74, 6) is -0.0263. The molecule has 0 aliphatic carbocycles. The molecule has 41 heavy (non-hydrogen) atoms. The van der Waals surface area contributed by atoms with Gasteiger partial charge in [-0.2, -0.15) is 0 Å². The number of carbonyl (C=O) groups is 1. The van der Waals surface area contributed by atoms with Crippen LogP contribution in [0.15, 0.2) is 109 Å². The van der Waals surface area contributed by atoms with Gasteiger partial charge in [-0.25, -0.2) is 4.98 Å². The lowest BCUT2D eigenvalue weighted by molar-refractivity contribution is -0.136. The zero-order chi connectivity index (χ0) is 28.4. The predicted molar refractivity (Wildman–Crippen MR) is 167 cm³/mol. The maximum Gasteiger partial charge on any atom is 0.303 e. The predicted octanol–water partition coefficient (Wildman–Crippen LogP) is 8.31. The molecule has 0 fully saturated rings. The van der Waals surface area contributed by atoms with E-state index in [-0.39, 0.29) is 6.42 Å². The molecule has 1 heterocycles. The van der Waals surface area contributed by atoms with Crippen molar-refractivity contribution >= 4 is 34.0 Å². The summed E-state index contributed by atoms with van der Waals surface area (Å²) >= 11 is 7.76. The van der Waals surface area contributed by atoms with Crippen LogP contribution in [0.1, 0.15) is 28.7 Å². The van der Waals surface area contributed by atoms with Crippen molar-refractivity contribution in [1.82, 2.24) is 4.98 Å². The van der Waals surface area contributed by atoms with Gasteiger partial charge in [0, 0.05) is 35.5 Å².